The molecule has 11 heteroatoms. The van der Waals surface area contributed by atoms with E-state index in [9.17, 15) is 26.7 Å². The van der Waals surface area contributed by atoms with Crippen LogP contribution in [-0.2, 0) is 11.0 Å². The fraction of sp³-hybridized carbons (Fsp3) is 0.182. The van der Waals surface area contributed by atoms with Crippen LogP contribution in [0.5, 0.6) is 0 Å². The minimum atomic E-state index is -4.98. The van der Waals surface area contributed by atoms with Crippen LogP contribution in [0.2, 0.25) is 0 Å². The second-order valence-electron chi connectivity index (χ2n) is 3.93. The fourth-order valence-corrected chi connectivity index (χ4v) is 2.53. The van der Waals surface area contributed by atoms with Crippen molar-refractivity contribution in [3.8, 4) is 0 Å². The second kappa shape index (κ2) is 6.32. The van der Waals surface area contributed by atoms with Crippen LogP contribution in [0.15, 0.2) is 20.7 Å². The molecule has 0 radical (unpaired) electrons. The lowest BCUT2D eigenvalue weighted by Crippen LogP contribution is -2.19. The summed E-state index contributed by atoms with van der Waals surface area (Å²) < 4.78 is 64.9. The number of benzene rings is 1. The first-order chi connectivity index (χ1) is 10.2. The molecule has 1 saturated heterocycles. The highest BCUT2D eigenvalue weighted by Crippen LogP contribution is 2.35. The second-order valence-corrected chi connectivity index (χ2v) is 5.75. The van der Waals surface area contributed by atoms with Crippen LogP contribution < -0.4 is 5.32 Å². The highest BCUT2D eigenvalue weighted by Gasteiger charge is 2.36. The number of amides is 1. The van der Waals surface area contributed by atoms with E-state index in [0.717, 1.165) is 11.8 Å². The Morgan fingerprint density at radius 2 is 2.00 bits per heavy atom. The maximum absolute atomic E-state index is 13.8. The van der Waals surface area contributed by atoms with Crippen molar-refractivity contribution in [2.75, 3.05) is 5.75 Å². The van der Waals surface area contributed by atoms with Crippen LogP contribution in [0.4, 0.5) is 22.0 Å². The number of thioether (sulfide) groups is 1. The van der Waals surface area contributed by atoms with Gasteiger partial charge in [-0.05, 0) is 22.0 Å². The van der Waals surface area contributed by atoms with Crippen molar-refractivity contribution in [1.29, 1.82) is 0 Å². The van der Waals surface area contributed by atoms with Gasteiger partial charge in [0.05, 0.1) is 27.6 Å². The molecule has 4 nitrogen and oxygen atoms in total. The number of carbonyl (C=O) groups excluding carboxylic acids is 1. The molecule has 1 fully saturated rings. The van der Waals surface area contributed by atoms with Crippen molar-refractivity contribution in [3.05, 3.63) is 33.3 Å². The molecule has 0 aliphatic carbocycles. The van der Waals surface area contributed by atoms with E-state index >= 15 is 0 Å². The molecule has 1 aliphatic heterocycles. The summed E-state index contributed by atoms with van der Waals surface area (Å²) in [6, 6.07) is 0.306. The molecular weight excluding hydrogens is 397 g/mol. The van der Waals surface area contributed by atoms with Gasteiger partial charge in [0.2, 0.25) is 5.91 Å². The third kappa shape index (κ3) is 3.64. The number of carbonyl (C=O) groups is 1. The van der Waals surface area contributed by atoms with Crippen molar-refractivity contribution >= 4 is 45.0 Å². The Balaban J connectivity index is 2.38. The number of halogens is 6. The number of amidine groups is 1. The van der Waals surface area contributed by atoms with Gasteiger partial charge < -0.3 is 5.32 Å². The maximum atomic E-state index is 13.8. The van der Waals surface area contributed by atoms with Crippen LogP contribution in [0.25, 0.3) is 0 Å². The molecule has 0 spiro atoms. The average Bonchev–Trinajstić information content (AvgIpc) is 2.82. The van der Waals surface area contributed by atoms with Gasteiger partial charge in [-0.3, -0.25) is 4.79 Å². The molecule has 0 bridgehead atoms. The Bertz CT molecular complexity index is 689. The van der Waals surface area contributed by atoms with Crippen molar-refractivity contribution in [1.82, 2.24) is 5.32 Å². The molecule has 1 heterocycles. The van der Waals surface area contributed by atoms with Gasteiger partial charge in [0, 0.05) is 0 Å². The topological polar surface area (TPSA) is 53.8 Å². The molecule has 1 aliphatic rings. The van der Waals surface area contributed by atoms with Gasteiger partial charge in [0.25, 0.3) is 0 Å². The van der Waals surface area contributed by atoms with E-state index in [1.165, 1.54) is 0 Å². The van der Waals surface area contributed by atoms with Crippen molar-refractivity contribution in [3.63, 3.8) is 0 Å². The summed E-state index contributed by atoms with van der Waals surface area (Å²) in [6.45, 7) is 0. The molecule has 0 saturated carbocycles. The zero-order valence-electron chi connectivity index (χ0n) is 10.3. The van der Waals surface area contributed by atoms with Crippen molar-refractivity contribution < 1.29 is 26.7 Å². The van der Waals surface area contributed by atoms with E-state index in [0.29, 0.717) is 12.3 Å². The lowest BCUT2D eigenvalue weighted by molar-refractivity contribution is -0.140. The zero-order chi connectivity index (χ0) is 16.5. The Hall–Kier alpha value is -1.49. The first-order valence-electron chi connectivity index (χ1n) is 5.48. The van der Waals surface area contributed by atoms with E-state index < -0.39 is 33.4 Å². The summed E-state index contributed by atoms with van der Waals surface area (Å²) in [5.41, 5.74) is -2.61. The molecule has 0 aromatic heterocycles. The molecule has 118 valence electrons. The van der Waals surface area contributed by atoms with Gasteiger partial charge in [0.15, 0.2) is 5.17 Å². The molecule has 1 amide bonds. The van der Waals surface area contributed by atoms with Crippen LogP contribution in [-0.4, -0.2) is 23.0 Å². The van der Waals surface area contributed by atoms with Crippen LogP contribution >= 0.6 is 27.7 Å². The van der Waals surface area contributed by atoms with Crippen molar-refractivity contribution in [2.45, 2.75) is 6.18 Å². The van der Waals surface area contributed by atoms with E-state index in [1.54, 1.807) is 0 Å². The highest BCUT2D eigenvalue weighted by atomic mass is 79.9. The van der Waals surface area contributed by atoms with E-state index in [1.807, 2.05) is 0 Å². The minimum absolute atomic E-state index is 0.0908. The quantitative estimate of drug-likeness (QED) is 0.357. The standard InChI is InChI=1S/C11H5BrF5N3OS/c12-6-1-5(11(15,16)17)8(13)4(9(6)14)2-18-20-10-19-7(21)3-22-10/h1-2H,3H2,(H,19,20,21). The smallest absolute Gasteiger partial charge is 0.303 e. The molecule has 22 heavy (non-hydrogen) atoms. The molecule has 2 rings (SSSR count). The maximum Gasteiger partial charge on any atom is 0.419 e. The van der Waals surface area contributed by atoms with E-state index in [-0.39, 0.29) is 16.8 Å². The Morgan fingerprint density at radius 1 is 1.32 bits per heavy atom. The predicted molar refractivity (Wildman–Crippen MR) is 74.7 cm³/mol. The number of alkyl halides is 3. The third-order valence-electron chi connectivity index (χ3n) is 2.42. The van der Waals surface area contributed by atoms with Gasteiger partial charge in [-0.1, -0.05) is 11.8 Å². The number of rotatable bonds is 2. The average molecular weight is 402 g/mol. The van der Waals surface area contributed by atoms with Crippen molar-refractivity contribution in [2.24, 2.45) is 10.2 Å². The highest BCUT2D eigenvalue weighted by molar-refractivity contribution is 9.10. The number of nitrogens with zero attached hydrogens (tertiary/aromatic N) is 2. The summed E-state index contributed by atoms with van der Waals surface area (Å²) in [4.78, 5) is 10.9. The summed E-state index contributed by atoms with van der Waals surface area (Å²) in [5.74, 6) is -3.23. The number of hydrogen-bond acceptors (Lipinski definition) is 4. The molecule has 0 unspecified atom stereocenters. The molecule has 0 atom stereocenters. The van der Waals surface area contributed by atoms with Gasteiger partial charge >= 0.3 is 6.18 Å². The zero-order valence-corrected chi connectivity index (χ0v) is 12.7. The largest absolute Gasteiger partial charge is 0.419 e. The first-order valence-corrected chi connectivity index (χ1v) is 7.26. The number of nitrogens with one attached hydrogen (secondary N) is 1. The number of hydrogen-bond donors (Lipinski definition) is 1. The Kier molecular flexibility index (Phi) is 4.85. The first kappa shape index (κ1) is 16.9. The van der Waals surface area contributed by atoms with Gasteiger partial charge in [0.1, 0.15) is 11.6 Å². The lowest BCUT2D eigenvalue weighted by Gasteiger charge is -2.11. The Labute approximate surface area is 133 Å². The Morgan fingerprint density at radius 3 is 2.55 bits per heavy atom. The van der Waals surface area contributed by atoms with Gasteiger partial charge in [-0.2, -0.15) is 18.3 Å². The molecule has 1 aromatic rings. The molecule has 1 aromatic carbocycles. The van der Waals surface area contributed by atoms with Gasteiger partial charge in [-0.25, -0.2) is 8.78 Å². The van der Waals surface area contributed by atoms with Gasteiger partial charge in [-0.15, -0.1) is 5.10 Å². The predicted octanol–water partition coefficient (Wildman–Crippen LogP) is 3.30. The monoisotopic (exact) mass is 401 g/mol. The third-order valence-corrected chi connectivity index (χ3v) is 3.86. The van der Waals surface area contributed by atoms with E-state index in [2.05, 4.69) is 31.4 Å². The SMILES string of the molecule is O=C1CSC(=NN=Cc2c(F)c(Br)cc(C(F)(F)F)c2F)N1. The normalized spacial score (nSPS) is 17.5. The summed E-state index contributed by atoms with van der Waals surface area (Å²) in [7, 11) is 0. The lowest BCUT2D eigenvalue weighted by atomic mass is 10.1. The summed E-state index contributed by atoms with van der Waals surface area (Å²) >= 11 is 3.59. The van der Waals surface area contributed by atoms with Crippen LogP contribution in [0.1, 0.15) is 11.1 Å². The van der Waals surface area contributed by atoms with Crippen LogP contribution in [0, 0.1) is 11.6 Å². The fourth-order valence-electron chi connectivity index (χ4n) is 1.46. The van der Waals surface area contributed by atoms with E-state index in [4.69, 9.17) is 0 Å². The molecule has 1 N–H and O–H groups in total. The minimum Gasteiger partial charge on any atom is -0.303 e. The molecular formula is C11H5BrF5N3OS. The summed E-state index contributed by atoms with van der Waals surface area (Å²) in [5, 5.41) is 9.15. The van der Waals surface area contributed by atoms with Crippen LogP contribution in [0.3, 0.4) is 0 Å². The summed E-state index contributed by atoms with van der Waals surface area (Å²) in [6.07, 6.45) is -4.47.